The first-order chi connectivity index (χ1) is 15.2. The molecule has 1 amide bonds. The molecule has 0 radical (unpaired) electrons. The number of nitrogens with zero attached hydrogens (tertiary/aromatic N) is 2. The van der Waals surface area contributed by atoms with Crippen molar-refractivity contribution in [2.45, 2.75) is 25.3 Å². The van der Waals surface area contributed by atoms with Gasteiger partial charge in [0.1, 0.15) is 5.82 Å². The van der Waals surface area contributed by atoms with Crippen LogP contribution in [0.25, 0.3) is 0 Å². The Labute approximate surface area is 183 Å². The Kier molecular flexibility index (Phi) is 8.84. The number of likely N-dealkylation sites (tertiary alicyclic amines) is 1. The minimum Gasteiger partial charge on any atom is -0.355 e. The third kappa shape index (κ3) is 7.36. The van der Waals surface area contributed by atoms with Crippen LogP contribution in [0.4, 0.5) is 4.39 Å². The average Bonchev–Trinajstić information content (AvgIpc) is 3.32. The molecule has 2 aromatic carbocycles. The van der Waals surface area contributed by atoms with E-state index in [0.717, 1.165) is 25.2 Å². The fourth-order valence-electron chi connectivity index (χ4n) is 3.83. The first-order valence-electron chi connectivity index (χ1n) is 10.9. The average molecular weight is 426 g/mol. The first-order valence-corrected chi connectivity index (χ1v) is 10.9. The van der Waals surface area contributed by atoms with E-state index in [1.54, 1.807) is 19.2 Å². The van der Waals surface area contributed by atoms with Gasteiger partial charge >= 0.3 is 0 Å². The van der Waals surface area contributed by atoms with Crippen molar-refractivity contribution >= 4 is 11.9 Å². The Morgan fingerprint density at radius 3 is 2.35 bits per heavy atom. The van der Waals surface area contributed by atoms with Gasteiger partial charge in [0.2, 0.25) is 5.91 Å². The van der Waals surface area contributed by atoms with Gasteiger partial charge in [-0.2, -0.15) is 0 Å². The molecule has 0 aliphatic carbocycles. The Hall–Kier alpha value is -2.93. The molecule has 7 heteroatoms. The zero-order valence-electron chi connectivity index (χ0n) is 18.1. The summed E-state index contributed by atoms with van der Waals surface area (Å²) in [6.07, 6.45) is 2.73. The maximum absolute atomic E-state index is 13.0. The van der Waals surface area contributed by atoms with Gasteiger partial charge in [-0.1, -0.05) is 42.5 Å². The lowest BCUT2D eigenvalue weighted by molar-refractivity contribution is -0.120. The molecule has 1 unspecified atom stereocenters. The summed E-state index contributed by atoms with van der Waals surface area (Å²) < 4.78 is 13.0. The molecular formula is C24H32FN5O. The summed E-state index contributed by atoms with van der Waals surface area (Å²) in [5.74, 6) is 0.328. The van der Waals surface area contributed by atoms with Crippen LogP contribution >= 0.6 is 0 Å². The molecule has 1 aliphatic rings. The smallest absolute Gasteiger partial charge is 0.224 e. The Bertz CT molecular complexity index is 835. The van der Waals surface area contributed by atoms with Gasteiger partial charge in [-0.05, 0) is 49.2 Å². The predicted octanol–water partition coefficient (Wildman–Crippen LogP) is 2.49. The number of hydrogen-bond donors (Lipinski definition) is 3. The van der Waals surface area contributed by atoms with Crippen molar-refractivity contribution < 1.29 is 9.18 Å². The van der Waals surface area contributed by atoms with Crippen molar-refractivity contribution in [3.05, 3.63) is 71.5 Å². The van der Waals surface area contributed by atoms with Gasteiger partial charge in [-0.3, -0.25) is 14.7 Å². The van der Waals surface area contributed by atoms with Crippen LogP contribution in [0.1, 0.15) is 30.0 Å². The molecule has 0 bridgehead atoms. The number of benzene rings is 2. The molecule has 1 fully saturated rings. The van der Waals surface area contributed by atoms with Crippen LogP contribution < -0.4 is 16.0 Å². The minimum atomic E-state index is -0.300. The number of guanidine groups is 1. The van der Waals surface area contributed by atoms with Crippen molar-refractivity contribution in [1.29, 1.82) is 0 Å². The summed E-state index contributed by atoms with van der Waals surface area (Å²) in [4.78, 5) is 18.9. The van der Waals surface area contributed by atoms with Crippen molar-refractivity contribution in [2.24, 2.45) is 4.99 Å². The van der Waals surface area contributed by atoms with Gasteiger partial charge in [0.25, 0.3) is 0 Å². The van der Waals surface area contributed by atoms with Crippen LogP contribution in [-0.4, -0.2) is 56.5 Å². The largest absolute Gasteiger partial charge is 0.355 e. The van der Waals surface area contributed by atoms with Gasteiger partial charge in [-0.25, -0.2) is 4.39 Å². The summed E-state index contributed by atoms with van der Waals surface area (Å²) in [7, 11) is 1.75. The molecule has 2 aromatic rings. The van der Waals surface area contributed by atoms with E-state index in [-0.39, 0.29) is 18.1 Å². The second kappa shape index (κ2) is 12.1. The molecule has 166 valence electrons. The lowest BCUT2D eigenvalue weighted by atomic mass is 10.1. The fourth-order valence-corrected chi connectivity index (χ4v) is 3.83. The number of carbonyl (C=O) groups is 1. The molecule has 1 aliphatic heterocycles. The molecule has 31 heavy (non-hydrogen) atoms. The molecular weight excluding hydrogens is 393 g/mol. The van der Waals surface area contributed by atoms with E-state index in [9.17, 15) is 9.18 Å². The van der Waals surface area contributed by atoms with Crippen LogP contribution in [0.3, 0.4) is 0 Å². The number of hydrogen-bond acceptors (Lipinski definition) is 3. The van der Waals surface area contributed by atoms with E-state index in [1.165, 1.54) is 30.5 Å². The van der Waals surface area contributed by atoms with E-state index < -0.39 is 0 Å². The maximum atomic E-state index is 13.0. The molecule has 0 spiro atoms. The number of halogens is 1. The molecule has 0 aromatic heterocycles. The molecule has 0 saturated carbocycles. The van der Waals surface area contributed by atoms with Gasteiger partial charge in [0, 0.05) is 26.7 Å². The van der Waals surface area contributed by atoms with Gasteiger partial charge < -0.3 is 16.0 Å². The monoisotopic (exact) mass is 425 g/mol. The Balaban J connectivity index is 1.41. The van der Waals surface area contributed by atoms with Crippen molar-refractivity contribution in [1.82, 2.24) is 20.9 Å². The van der Waals surface area contributed by atoms with Gasteiger partial charge in [0.15, 0.2) is 5.96 Å². The summed E-state index contributed by atoms with van der Waals surface area (Å²) in [5.41, 5.74) is 2.10. The molecule has 1 heterocycles. The first kappa shape index (κ1) is 22.7. The highest BCUT2D eigenvalue weighted by atomic mass is 19.1. The molecule has 3 N–H and O–H groups in total. The van der Waals surface area contributed by atoms with Crippen LogP contribution in [0.15, 0.2) is 59.6 Å². The fraction of sp³-hybridized carbons (Fsp3) is 0.417. The number of rotatable bonds is 9. The number of aliphatic imine (C=N–C) groups is 1. The van der Waals surface area contributed by atoms with Crippen molar-refractivity contribution in [3.63, 3.8) is 0 Å². The lowest BCUT2D eigenvalue weighted by Gasteiger charge is -2.29. The second-order valence-electron chi connectivity index (χ2n) is 7.70. The third-order valence-electron chi connectivity index (χ3n) is 5.47. The SMILES string of the molecule is CN=C(NCCNC(=O)Cc1ccc(F)cc1)NCC(c1ccccc1)N1CCCC1. The normalized spacial score (nSPS) is 15.5. The molecule has 3 rings (SSSR count). The summed E-state index contributed by atoms with van der Waals surface area (Å²) in [6, 6.07) is 16.9. The topological polar surface area (TPSA) is 68.8 Å². The Morgan fingerprint density at radius 1 is 1.00 bits per heavy atom. The van der Waals surface area contributed by atoms with Crippen LogP contribution in [0.2, 0.25) is 0 Å². The quantitative estimate of drug-likeness (QED) is 0.328. The third-order valence-corrected chi connectivity index (χ3v) is 5.47. The highest BCUT2D eigenvalue weighted by molar-refractivity contribution is 5.80. The van der Waals surface area contributed by atoms with E-state index in [4.69, 9.17) is 0 Å². The number of amides is 1. The number of nitrogens with one attached hydrogen (secondary N) is 3. The summed E-state index contributed by atoms with van der Waals surface area (Å²) in [6.45, 7) is 4.05. The standard InChI is InChI=1S/C24H32FN5O/c1-26-24(28-14-13-27-23(31)17-19-9-11-21(25)12-10-19)29-18-22(30-15-5-6-16-30)20-7-3-2-4-8-20/h2-4,7-12,22H,5-6,13-18H2,1H3,(H,27,31)(H2,26,28,29). The highest BCUT2D eigenvalue weighted by Gasteiger charge is 2.23. The van der Waals surface area contributed by atoms with Crippen LogP contribution in [-0.2, 0) is 11.2 Å². The highest BCUT2D eigenvalue weighted by Crippen LogP contribution is 2.24. The lowest BCUT2D eigenvalue weighted by Crippen LogP contribution is -2.44. The van der Waals surface area contributed by atoms with E-state index in [0.29, 0.717) is 25.1 Å². The maximum Gasteiger partial charge on any atom is 0.224 e. The van der Waals surface area contributed by atoms with E-state index in [1.807, 2.05) is 6.07 Å². The Morgan fingerprint density at radius 2 is 1.68 bits per heavy atom. The zero-order valence-corrected chi connectivity index (χ0v) is 18.1. The van der Waals surface area contributed by atoms with Crippen molar-refractivity contribution in [2.75, 3.05) is 39.8 Å². The van der Waals surface area contributed by atoms with E-state index in [2.05, 4.69) is 50.1 Å². The molecule has 1 atom stereocenters. The van der Waals surface area contributed by atoms with Crippen LogP contribution in [0, 0.1) is 5.82 Å². The minimum absolute atomic E-state index is 0.0884. The van der Waals surface area contributed by atoms with E-state index >= 15 is 0 Å². The second-order valence-corrected chi connectivity index (χ2v) is 7.70. The number of carbonyl (C=O) groups excluding carboxylic acids is 1. The zero-order chi connectivity index (χ0) is 21.9. The summed E-state index contributed by atoms with van der Waals surface area (Å²) >= 11 is 0. The van der Waals surface area contributed by atoms with Crippen LogP contribution in [0.5, 0.6) is 0 Å². The summed E-state index contributed by atoms with van der Waals surface area (Å²) in [5, 5.41) is 9.55. The van der Waals surface area contributed by atoms with Crippen molar-refractivity contribution in [3.8, 4) is 0 Å². The van der Waals surface area contributed by atoms with Gasteiger partial charge in [-0.15, -0.1) is 0 Å². The molecule has 1 saturated heterocycles. The molecule has 6 nitrogen and oxygen atoms in total. The van der Waals surface area contributed by atoms with Gasteiger partial charge in [0.05, 0.1) is 12.5 Å². The predicted molar refractivity (Wildman–Crippen MR) is 122 cm³/mol.